The van der Waals surface area contributed by atoms with Crippen LogP contribution in [0.3, 0.4) is 0 Å². The summed E-state index contributed by atoms with van der Waals surface area (Å²) in [7, 11) is 0. The molecule has 2 aromatic carbocycles. The molecule has 0 heterocycles. The lowest BCUT2D eigenvalue weighted by atomic mass is 10.0. The van der Waals surface area contributed by atoms with Crippen LogP contribution in [0, 0.1) is 13.8 Å². The van der Waals surface area contributed by atoms with E-state index in [1.807, 2.05) is 0 Å². The molecular formula is C19H19F2NO4. The van der Waals surface area contributed by atoms with E-state index in [-0.39, 0.29) is 23.6 Å². The van der Waals surface area contributed by atoms with E-state index in [1.165, 1.54) is 18.2 Å². The van der Waals surface area contributed by atoms with Crippen LogP contribution in [0.5, 0.6) is 5.75 Å². The summed E-state index contributed by atoms with van der Waals surface area (Å²) in [6, 6.07) is 9.22. The number of alkyl halides is 2. The molecule has 5 nitrogen and oxygen atoms in total. The number of carbonyl (C=O) groups is 2. The first kappa shape index (κ1) is 19.4. The summed E-state index contributed by atoms with van der Waals surface area (Å²) in [4.78, 5) is 23.3. The number of carboxylic acids is 1. The van der Waals surface area contributed by atoms with Crippen LogP contribution in [-0.2, 0) is 11.2 Å². The molecule has 0 unspecified atom stereocenters. The third-order valence-corrected chi connectivity index (χ3v) is 3.87. The Morgan fingerprint density at radius 3 is 2.35 bits per heavy atom. The fourth-order valence-corrected chi connectivity index (χ4v) is 2.53. The van der Waals surface area contributed by atoms with Gasteiger partial charge in [0.2, 0.25) is 5.91 Å². The second-order valence-corrected chi connectivity index (χ2v) is 5.86. The number of anilines is 1. The standard InChI is InChI=1S/C19H19F2NO4/c1-11-9-12(2)16(10-15(11)18(24)25)22-17(23)8-5-13-3-6-14(7-4-13)26-19(20)21/h3-4,6-7,9-10,19H,5,8H2,1-2H3,(H,22,23)(H,24,25). The summed E-state index contributed by atoms with van der Waals surface area (Å²) in [5.41, 5.74) is 2.79. The number of benzene rings is 2. The van der Waals surface area contributed by atoms with Gasteiger partial charge in [0.05, 0.1) is 5.56 Å². The van der Waals surface area contributed by atoms with Gasteiger partial charge in [-0.2, -0.15) is 8.78 Å². The lowest BCUT2D eigenvalue weighted by molar-refractivity contribution is -0.116. The number of hydrogen-bond donors (Lipinski definition) is 2. The third-order valence-electron chi connectivity index (χ3n) is 3.87. The van der Waals surface area contributed by atoms with Crippen molar-refractivity contribution in [2.45, 2.75) is 33.3 Å². The van der Waals surface area contributed by atoms with Crippen molar-refractivity contribution >= 4 is 17.6 Å². The number of halogens is 2. The van der Waals surface area contributed by atoms with Crippen molar-refractivity contribution < 1.29 is 28.2 Å². The van der Waals surface area contributed by atoms with Crippen LogP contribution < -0.4 is 10.1 Å². The Kier molecular flexibility index (Phi) is 6.27. The third kappa shape index (κ3) is 5.27. The molecule has 7 heteroatoms. The smallest absolute Gasteiger partial charge is 0.387 e. The number of carboxylic acid groups (broad SMARTS) is 1. The summed E-state index contributed by atoms with van der Waals surface area (Å²) in [6.07, 6.45) is 0.586. The van der Waals surface area contributed by atoms with Gasteiger partial charge in [0.25, 0.3) is 0 Å². The Balaban J connectivity index is 1.97. The number of ether oxygens (including phenoxy) is 1. The Hall–Kier alpha value is -2.96. The topological polar surface area (TPSA) is 75.6 Å². The maximum absolute atomic E-state index is 12.1. The van der Waals surface area contributed by atoms with Crippen molar-refractivity contribution in [3.63, 3.8) is 0 Å². The van der Waals surface area contributed by atoms with Gasteiger partial charge >= 0.3 is 12.6 Å². The van der Waals surface area contributed by atoms with Gasteiger partial charge in [-0.1, -0.05) is 18.2 Å². The zero-order valence-corrected chi connectivity index (χ0v) is 14.4. The van der Waals surface area contributed by atoms with Gasteiger partial charge in [-0.25, -0.2) is 4.79 Å². The minimum Gasteiger partial charge on any atom is -0.478 e. The normalized spacial score (nSPS) is 10.7. The number of amides is 1. The van der Waals surface area contributed by atoms with Crippen molar-refractivity contribution in [3.8, 4) is 5.75 Å². The SMILES string of the molecule is Cc1cc(C)c(C(=O)O)cc1NC(=O)CCc1ccc(OC(F)F)cc1. The van der Waals surface area contributed by atoms with Crippen LogP contribution in [0.25, 0.3) is 0 Å². The molecule has 0 spiro atoms. The minimum atomic E-state index is -2.87. The maximum Gasteiger partial charge on any atom is 0.387 e. The van der Waals surface area contributed by atoms with Crippen LogP contribution >= 0.6 is 0 Å². The maximum atomic E-state index is 12.1. The zero-order valence-electron chi connectivity index (χ0n) is 14.4. The van der Waals surface area contributed by atoms with Crippen molar-refractivity contribution in [2.24, 2.45) is 0 Å². The molecule has 0 fully saturated rings. The molecule has 1 amide bonds. The molecule has 2 N–H and O–H groups in total. The number of nitrogens with one attached hydrogen (secondary N) is 1. The molecule has 0 saturated carbocycles. The highest BCUT2D eigenvalue weighted by atomic mass is 19.3. The van der Waals surface area contributed by atoms with E-state index in [4.69, 9.17) is 0 Å². The van der Waals surface area contributed by atoms with Crippen molar-refractivity contribution in [1.29, 1.82) is 0 Å². The van der Waals surface area contributed by atoms with Gasteiger partial charge in [-0.3, -0.25) is 4.79 Å². The van der Waals surface area contributed by atoms with E-state index in [1.54, 1.807) is 32.0 Å². The van der Waals surface area contributed by atoms with E-state index >= 15 is 0 Å². The number of hydrogen-bond acceptors (Lipinski definition) is 3. The predicted octanol–water partition coefficient (Wildman–Crippen LogP) is 4.17. The lowest BCUT2D eigenvalue weighted by Crippen LogP contribution is -2.14. The van der Waals surface area contributed by atoms with Crippen LogP contribution in [0.4, 0.5) is 14.5 Å². The van der Waals surface area contributed by atoms with E-state index in [2.05, 4.69) is 10.1 Å². The lowest BCUT2D eigenvalue weighted by Gasteiger charge is -2.11. The predicted molar refractivity (Wildman–Crippen MR) is 92.9 cm³/mol. The van der Waals surface area contributed by atoms with Gasteiger partial charge in [0.1, 0.15) is 5.75 Å². The largest absolute Gasteiger partial charge is 0.478 e. The fourth-order valence-electron chi connectivity index (χ4n) is 2.53. The first-order chi connectivity index (χ1) is 12.3. The van der Waals surface area contributed by atoms with E-state index < -0.39 is 12.6 Å². The molecule has 138 valence electrons. The van der Waals surface area contributed by atoms with Crippen LogP contribution in [-0.4, -0.2) is 23.6 Å². The minimum absolute atomic E-state index is 0.0599. The first-order valence-electron chi connectivity index (χ1n) is 7.94. The summed E-state index contributed by atoms with van der Waals surface area (Å²) < 4.78 is 28.5. The van der Waals surface area contributed by atoms with Gasteiger partial charge in [0.15, 0.2) is 0 Å². The van der Waals surface area contributed by atoms with E-state index in [0.717, 1.165) is 11.1 Å². The van der Waals surface area contributed by atoms with Crippen molar-refractivity contribution in [2.75, 3.05) is 5.32 Å². The van der Waals surface area contributed by atoms with Crippen LogP contribution in [0.2, 0.25) is 0 Å². The summed E-state index contributed by atoms with van der Waals surface area (Å²) in [5, 5.41) is 11.9. The summed E-state index contributed by atoms with van der Waals surface area (Å²) in [5.74, 6) is -1.25. The van der Waals surface area contributed by atoms with Crippen molar-refractivity contribution in [1.82, 2.24) is 0 Å². The van der Waals surface area contributed by atoms with E-state index in [9.17, 15) is 23.5 Å². The van der Waals surface area contributed by atoms with Crippen LogP contribution in [0.15, 0.2) is 36.4 Å². The Bertz CT molecular complexity index is 804. The zero-order chi connectivity index (χ0) is 19.3. The average molecular weight is 363 g/mol. The van der Waals surface area contributed by atoms with Gasteiger partial charge in [-0.15, -0.1) is 0 Å². The molecule has 0 aromatic heterocycles. The van der Waals surface area contributed by atoms with Gasteiger partial charge in [0, 0.05) is 12.1 Å². The first-order valence-corrected chi connectivity index (χ1v) is 7.94. The van der Waals surface area contributed by atoms with Gasteiger partial charge in [-0.05, 0) is 55.2 Å². The molecule has 0 atom stereocenters. The Labute approximate surface area is 149 Å². The van der Waals surface area contributed by atoms with E-state index in [0.29, 0.717) is 17.7 Å². The highest BCUT2D eigenvalue weighted by molar-refractivity contribution is 5.95. The van der Waals surface area contributed by atoms with Crippen LogP contribution in [0.1, 0.15) is 33.5 Å². The average Bonchev–Trinajstić information content (AvgIpc) is 2.56. The molecular weight excluding hydrogens is 344 g/mol. The highest BCUT2D eigenvalue weighted by Crippen LogP contribution is 2.21. The molecule has 2 aromatic rings. The molecule has 26 heavy (non-hydrogen) atoms. The monoisotopic (exact) mass is 363 g/mol. The van der Waals surface area contributed by atoms with Crippen molar-refractivity contribution in [3.05, 3.63) is 58.7 Å². The fraction of sp³-hybridized carbons (Fsp3) is 0.263. The summed E-state index contributed by atoms with van der Waals surface area (Å²) >= 11 is 0. The second kappa shape index (κ2) is 8.42. The molecule has 0 saturated heterocycles. The molecule has 0 aliphatic carbocycles. The molecule has 0 bridgehead atoms. The highest BCUT2D eigenvalue weighted by Gasteiger charge is 2.12. The summed E-state index contributed by atoms with van der Waals surface area (Å²) in [6.45, 7) is 0.611. The Morgan fingerprint density at radius 2 is 1.77 bits per heavy atom. The number of carbonyl (C=O) groups excluding carboxylic acids is 1. The molecule has 0 radical (unpaired) electrons. The molecule has 0 aliphatic rings. The Morgan fingerprint density at radius 1 is 1.12 bits per heavy atom. The quantitative estimate of drug-likeness (QED) is 0.774. The molecule has 0 aliphatic heterocycles. The number of aromatic carboxylic acids is 1. The molecule has 2 rings (SSSR count). The second-order valence-electron chi connectivity index (χ2n) is 5.86. The number of rotatable bonds is 7. The number of aryl methyl sites for hydroxylation is 3. The van der Waals surface area contributed by atoms with Gasteiger partial charge < -0.3 is 15.2 Å².